The number of nitrogens with two attached hydrogens (primary N) is 1. The van der Waals surface area contributed by atoms with E-state index >= 15 is 0 Å². The van der Waals surface area contributed by atoms with Crippen molar-refractivity contribution in [1.29, 1.82) is 0 Å². The maximum absolute atomic E-state index is 13.2. The minimum absolute atomic E-state index is 0.280. The maximum atomic E-state index is 13.2. The summed E-state index contributed by atoms with van der Waals surface area (Å²) in [5.41, 5.74) is 6.79. The van der Waals surface area contributed by atoms with E-state index in [-0.39, 0.29) is 5.82 Å². The Kier molecular flexibility index (Phi) is 2.45. The summed E-state index contributed by atoms with van der Waals surface area (Å²) in [7, 11) is 0. The first kappa shape index (κ1) is 9.15. The molecule has 0 amide bonds. The highest BCUT2D eigenvalue weighted by atomic mass is 19.1. The van der Waals surface area contributed by atoms with Gasteiger partial charge in [0.25, 0.3) is 0 Å². The van der Waals surface area contributed by atoms with E-state index in [9.17, 15) is 4.39 Å². The summed E-state index contributed by atoms with van der Waals surface area (Å²) in [6.07, 6.45) is 1.70. The molecule has 0 aliphatic heterocycles. The summed E-state index contributed by atoms with van der Waals surface area (Å²) in [5.74, 6) is -0.280. The predicted octanol–water partition coefficient (Wildman–Crippen LogP) is 1.59. The highest BCUT2D eigenvalue weighted by Crippen LogP contribution is 2.19. The molecule has 3 N–H and O–H groups in total. The molecular formula is C10H12FN3. The van der Waals surface area contributed by atoms with E-state index in [0.29, 0.717) is 12.1 Å². The number of nitrogens with zero attached hydrogens (tertiary/aromatic N) is 1. The van der Waals surface area contributed by atoms with Crippen molar-refractivity contribution in [2.75, 3.05) is 6.54 Å². The van der Waals surface area contributed by atoms with Crippen molar-refractivity contribution in [2.45, 2.75) is 12.8 Å². The van der Waals surface area contributed by atoms with Crippen molar-refractivity contribution in [1.82, 2.24) is 10.2 Å². The fourth-order valence-electron chi connectivity index (χ4n) is 1.53. The molecule has 3 nitrogen and oxygen atoms in total. The van der Waals surface area contributed by atoms with Crippen LogP contribution >= 0.6 is 0 Å². The Hall–Kier alpha value is -1.42. The molecule has 0 atom stereocenters. The third-order valence-electron chi connectivity index (χ3n) is 2.25. The first-order valence-corrected chi connectivity index (χ1v) is 4.64. The smallest absolute Gasteiger partial charge is 0.151 e. The van der Waals surface area contributed by atoms with Gasteiger partial charge in [-0.25, -0.2) is 4.39 Å². The van der Waals surface area contributed by atoms with E-state index in [2.05, 4.69) is 10.2 Å². The molecule has 14 heavy (non-hydrogen) atoms. The highest BCUT2D eigenvalue weighted by Gasteiger charge is 2.07. The van der Waals surface area contributed by atoms with Crippen LogP contribution in [0.15, 0.2) is 18.2 Å². The Bertz CT molecular complexity index is 436. The Morgan fingerprint density at radius 1 is 1.43 bits per heavy atom. The van der Waals surface area contributed by atoms with Crippen molar-refractivity contribution in [3.63, 3.8) is 0 Å². The number of aromatic nitrogens is 2. The van der Waals surface area contributed by atoms with Crippen LogP contribution in [0.5, 0.6) is 0 Å². The van der Waals surface area contributed by atoms with E-state index in [1.807, 2.05) is 6.07 Å². The molecule has 1 aromatic heterocycles. The number of hydrogen-bond acceptors (Lipinski definition) is 2. The molecule has 0 aliphatic carbocycles. The quantitative estimate of drug-likeness (QED) is 0.777. The van der Waals surface area contributed by atoms with Crippen molar-refractivity contribution >= 4 is 10.9 Å². The van der Waals surface area contributed by atoms with E-state index in [4.69, 9.17) is 5.73 Å². The number of para-hydroxylation sites is 1. The zero-order chi connectivity index (χ0) is 9.97. The second-order valence-corrected chi connectivity index (χ2v) is 3.23. The number of nitrogens with one attached hydrogen (secondary N) is 1. The van der Waals surface area contributed by atoms with Crippen LogP contribution in [-0.2, 0) is 6.42 Å². The van der Waals surface area contributed by atoms with E-state index in [1.54, 1.807) is 6.07 Å². The standard InChI is InChI=1S/C10H12FN3/c11-8-4-1-3-7-9(5-2-6-12)13-14-10(7)8/h1,3-4H,2,5-6,12H2,(H,13,14). The van der Waals surface area contributed by atoms with Gasteiger partial charge in [0.05, 0.1) is 0 Å². The van der Waals surface area contributed by atoms with Crippen molar-refractivity contribution in [3.8, 4) is 0 Å². The summed E-state index contributed by atoms with van der Waals surface area (Å²) in [6.45, 7) is 0.635. The minimum atomic E-state index is -0.280. The molecule has 0 saturated heterocycles. The van der Waals surface area contributed by atoms with Gasteiger partial charge in [0.15, 0.2) is 5.82 Å². The van der Waals surface area contributed by atoms with Crippen molar-refractivity contribution in [3.05, 3.63) is 29.7 Å². The van der Waals surface area contributed by atoms with Gasteiger partial charge >= 0.3 is 0 Å². The highest BCUT2D eigenvalue weighted by molar-refractivity contribution is 5.81. The third-order valence-corrected chi connectivity index (χ3v) is 2.25. The number of hydrogen-bond donors (Lipinski definition) is 2. The Labute approximate surface area is 81.1 Å². The Morgan fingerprint density at radius 2 is 2.29 bits per heavy atom. The monoisotopic (exact) mass is 193 g/mol. The molecule has 0 fully saturated rings. The molecule has 0 aliphatic rings. The largest absolute Gasteiger partial charge is 0.330 e. The summed E-state index contributed by atoms with van der Waals surface area (Å²) in [4.78, 5) is 0. The average Bonchev–Trinajstić information content (AvgIpc) is 2.60. The first-order valence-electron chi connectivity index (χ1n) is 4.64. The van der Waals surface area contributed by atoms with Crippen LogP contribution < -0.4 is 5.73 Å². The van der Waals surface area contributed by atoms with E-state index in [1.165, 1.54) is 6.07 Å². The lowest BCUT2D eigenvalue weighted by Gasteiger charge is -1.95. The lowest BCUT2D eigenvalue weighted by Crippen LogP contribution is -2.00. The average molecular weight is 193 g/mol. The topological polar surface area (TPSA) is 54.7 Å². The Balaban J connectivity index is 2.42. The molecule has 4 heteroatoms. The number of rotatable bonds is 3. The van der Waals surface area contributed by atoms with Crippen LogP contribution in [0.2, 0.25) is 0 Å². The van der Waals surface area contributed by atoms with Gasteiger partial charge in [-0.15, -0.1) is 0 Å². The Morgan fingerprint density at radius 3 is 3.07 bits per heavy atom. The van der Waals surface area contributed by atoms with Crippen LogP contribution in [0.3, 0.4) is 0 Å². The van der Waals surface area contributed by atoms with Gasteiger partial charge in [-0.05, 0) is 25.5 Å². The fourth-order valence-corrected chi connectivity index (χ4v) is 1.53. The summed E-state index contributed by atoms with van der Waals surface area (Å²) in [6, 6.07) is 4.97. The molecule has 0 spiro atoms. The maximum Gasteiger partial charge on any atom is 0.151 e. The zero-order valence-electron chi connectivity index (χ0n) is 7.76. The van der Waals surface area contributed by atoms with Gasteiger partial charge in [0.2, 0.25) is 0 Å². The van der Waals surface area contributed by atoms with Crippen molar-refractivity contribution in [2.24, 2.45) is 5.73 Å². The SMILES string of the molecule is NCCCc1[nH]nc2c(F)cccc12. The third kappa shape index (κ3) is 1.48. The van der Waals surface area contributed by atoms with Gasteiger partial charge in [-0.2, -0.15) is 5.10 Å². The number of aromatic amines is 1. The molecule has 0 unspecified atom stereocenters. The lowest BCUT2D eigenvalue weighted by molar-refractivity contribution is 0.636. The molecule has 74 valence electrons. The molecule has 1 aromatic carbocycles. The number of aryl methyl sites for hydroxylation is 1. The van der Waals surface area contributed by atoms with Gasteiger partial charge in [0.1, 0.15) is 5.52 Å². The molecular weight excluding hydrogens is 181 g/mol. The number of fused-ring (bicyclic) bond motifs is 1. The van der Waals surface area contributed by atoms with Gasteiger partial charge < -0.3 is 5.73 Å². The summed E-state index contributed by atoms with van der Waals surface area (Å²) >= 11 is 0. The predicted molar refractivity (Wildman–Crippen MR) is 53.4 cm³/mol. The van der Waals surface area contributed by atoms with Crippen LogP contribution in [0.25, 0.3) is 10.9 Å². The fraction of sp³-hybridized carbons (Fsp3) is 0.300. The van der Waals surface area contributed by atoms with E-state index < -0.39 is 0 Å². The van der Waals surface area contributed by atoms with E-state index in [0.717, 1.165) is 23.9 Å². The summed E-state index contributed by atoms with van der Waals surface area (Å²) in [5, 5.41) is 7.63. The number of halogens is 1. The van der Waals surface area contributed by atoms with Gasteiger partial charge in [-0.1, -0.05) is 12.1 Å². The number of H-pyrrole nitrogens is 1. The zero-order valence-corrected chi connectivity index (χ0v) is 7.76. The van der Waals surface area contributed by atoms with Crippen LogP contribution in [0, 0.1) is 5.82 Å². The molecule has 0 saturated carbocycles. The van der Waals surface area contributed by atoms with Gasteiger partial charge in [0, 0.05) is 11.1 Å². The van der Waals surface area contributed by atoms with Crippen LogP contribution in [-0.4, -0.2) is 16.7 Å². The molecule has 2 rings (SSSR count). The molecule has 0 bridgehead atoms. The number of benzene rings is 1. The van der Waals surface area contributed by atoms with Crippen LogP contribution in [0.4, 0.5) is 4.39 Å². The lowest BCUT2D eigenvalue weighted by atomic mass is 10.1. The second-order valence-electron chi connectivity index (χ2n) is 3.23. The normalized spacial score (nSPS) is 11.0. The first-order chi connectivity index (χ1) is 6.83. The molecule has 2 aromatic rings. The molecule has 1 heterocycles. The van der Waals surface area contributed by atoms with Crippen LogP contribution in [0.1, 0.15) is 12.1 Å². The summed E-state index contributed by atoms with van der Waals surface area (Å²) < 4.78 is 13.2. The molecule has 0 radical (unpaired) electrons. The second kappa shape index (κ2) is 3.75. The van der Waals surface area contributed by atoms with Crippen molar-refractivity contribution < 1.29 is 4.39 Å². The van der Waals surface area contributed by atoms with Gasteiger partial charge in [-0.3, -0.25) is 5.10 Å². The minimum Gasteiger partial charge on any atom is -0.330 e.